The van der Waals surface area contributed by atoms with Crippen LogP contribution in [0, 0.1) is 18.8 Å². The van der Waals surface area contributed by atoms with Crippen molar-refractivity contribution >= 4 is 22.6 Å². The molecule has 3 aliphatic rings. The number of hydrazine groups is 1. The monoisotopic (exact) mass is 497 g/mol. The molecule has 0 radical (unpaired) electrons. The van der Waals surface area contributed by atoms with E-state index in [1.54, 1.807) is 6.20 Å². The molecule has 10 nitrogen and oxygen atoms in total. The van der Waals surface area contributed by atoms with Crippen LogP contribution in [0.2, 0.25) is 0 Å². The average molecular weight is 498 g/mol. The standard InChI is InChI=1S/C27H31N9O/c1-15-13-36(14-30-15)23-7-3-6-20-25(23)33-26(32-20)24-19-9-21(29-12-22(19)34-35-24)17-8-18(11-28-10-17)31-27(37)16-4-2-5-16/h3,6-8,10-11,13-14,16,19,21-22,24,29,34-35H,2,4-5,9,12H2,1H3,(H,31,37)(H,32,33). The Morgan fingerprint density at radius 2 is 2.11 bits per heavy atom. The molecule has 7 rings (SSSR count). The molecule has 37 heavy (non-hydrogen) atoms. The van der Waals surface area contributed by atoms with Crippen LogP contribution in [-0.4, -0.2) is 43.0 Å². The molecule has 1 aromatic carbocycles. The molecular weight excluding hydrogens is 466 g/mol. The highest BCUT2D eigenvalue weighted by Crippen LogP contribution is 2.39. The van der Waals surface area contributed by atoms with E-state index < -0.39 is 0 Å². The molecular formula is C27H31N9O. The first kappa shape index (κ1) is 22.6. The largest absolute Gasteiger partial charge is 0.341 e. The van der Waals surface area contributed by atoms with E-state index in [1.165, 1.54) is 0 Å². The SMILES string of the molecule is Cc1cn(-c2cccc3[nH]c(C4NNC5CNC(c6cncc(NC(=O)C7CCC7)c6)CC54)nc23)cn1. The van der Waals surface area contributed by atoms with Crippen LogP contribution in [-0.2, 0) is 4.79 Å². The molecule has 2 aliphatic heterocycles. The smallest absolute Gasteiger partial charge is 0.227 e. The Bertz CT molecular complexity index is 1460. The fourth-order valence-electron chi connectivity index (χ4n) is 5.87. The van der Waals surface area contributed by atoms with E-state index in [1.807, 2.05) is 36.3 Å². The Labute approximate surface area is 214 Å². The molecule has 4 aromatic rings. The zero-order chi connectivity index (χ0) is 24.9. The van der Waals surface area contributed by atoms with Gasteiger partial charge in [0, 0.05) is 42.9 Å². The number of hydrogen-bond acceptors (Lipinski definition) is 7. The molecule has 2 saturated heterocycles. The van der Waals surface area contributed by atoms with Gasteiger partial charge in [0.05, 0.1) is 41.2 Å². The fraction of sp³-hybridized carbons (Fsp3) is 0.407. The van der Waals surface area contributed by atoms with Crippen LogP contribution < -0.4 is 21.5 Å². The lowest BCUT2D eigenvalue weighted by Crippen LogP contribution is -2.46. The summed E-state index contributed by atoms with van der Waals surface area (Å²) in [5, 5.41) is 6.73. The topological polar surface area (TPSA) is 125 Å². The number of carbonyl (C=O) groups excluding carboxylic acids is 1. The average Bonchev–Trinajstić information content (AvgIpc) is 3.60. The summed E-state index contributed by atoms with van der Waals surface area (Å²) in [7, 11) is 0. The van der Waals surface area contributed by atoms with Gasteiger partial charge in [0.15, 0.2) is 0 Å². The van der Waals surface area contributed by atoms with Crippen LogP contribution in [0.15, 0.2) is 49.2 Å². The van der Waals surface area contributed by atoms with E-state index in [9.17, 15) is 4.79 Å². The number of para-hydroxylation sites is 1. The third-order valence-corrected chi connectivity index (χ3v) is 8.16. The Balaban J connectivity index is 1.12. The second kappa shape index (κ2) is 9.05. The first-order valence-electron chi connectivity index (χ1n) is 13.1. The van der Waals surface area contributed by atoms with Gasteiger partial charge in [-0.15, -0.1) is 0 Å². The number of rotatable bonds is 5. The van der Waals surface area contributed by atoms with Crippen molar-refractivity contribution in [3.05, 3.63) is 66.3 Å². The number of anilines is 1. The second-order valence-electron chi connectivity index (χ2n) is 10.6. The molecule has 0 spiro atoms. The molecule has 3 fully saturated rings. The van der Waals surface area contributed by atoms with Gasteiger partial charge >= 0.3 is 0 Å². The van der Waals surface area contributed by atoms with E-state index in [0.29, 0.717) is 12.0 Å². The van der Waals surface area contributed by atoms with Gasteiger partial charge in [0.25, 0.3) is 0 Å². The van der Waals surface area contributed by atoms with Gasteiger partial charge in [0.1, 0.15) is 11.3 Å². The molecule has 10 heteroatoms. The van der Waals surface area contributed by atoms with Crippen molar-refractivity contribution in [3.8, 4) is 5.69 Å². The number of pyridine rings is 1. The number of carbonyl (C=O) groups is 1. The molecule has 1 amide bonds. The van der Waals surface area contributed by atoms with Gasteiger partial charge in [-0.3, -0.25) is 15.2 Å². The minimum atomic E-state index is 0.0498. The van der Waals surface area contributed by atoms with Crippen LogP contribution in [0.4, 0.5) is 5.69 Å². The number of nitrogens with zero attached hydrogens (tertiary/aromatic N) is 4. The molecule has 4 unspecified atom stereocenters. The highest BCUT2D eigenvalue weighted by Gasteiger charge is 2.42. The third kappa shape index (κ3) is 4.11. The first-order valence-corrected chi connectivity index (χ1v) is 13.1. The van der Waals surface area contributed by atoms with Crippen LogP contribution in [0.5, 0.6) is 0 Å². The van der Waals surface area contributed by atoms with E-state index in [0.717, 1.165) is 71.7 Å². The second-order valence-corrected chi connectivity index (χ2v) is 10.6. The van der Waals surface area contributed by atoms with Crippen molar-refractivity contribution in [1.82, 2.24) is 40.7 Å². The van der Waals surface area contributed by atoms with Gasteiger partial charge in [-0.1, -0.05) is 12.5 Å². The van der Waals surface area contributed by atoms with Gasteiger partial charge in [-0.25, -0.2) is 15.4 Å². The van der Waals surface area contributed by atoms with Gasteiger partial charge in [-0.05, 0) is 49.9 Å². The summed E-state index contributed by atoms with van der Waals surface area (Å²) >= 11 is 0. The normalized spacial score (nSPS) is 25.6. The molecule has 3 aromatic heterocycles. The molecule has 0 bridgehead atoms. The zero-order valence-electron chi connectivity index (χ0n) is 20.7. The highest BCUT2D eigenvalue weighted by atomic mass is 16.1. The lowest BCUT2D eigenvalue weighted by Gasteiger charge is -2.34. The number of piperidine rings is 1. The summed E-state index contributed by atoms with van der Waals surface area (Å²) in [5.41, 5.74) is 12.8. The Morgan fingerprint density at radius 1 is 1.19 bits per heavy atom. The van der Waals surface area contributed by atoms with E-state index in [-0.39, 0.29) is 23.9 Å². The van der Waals surface area contributed by atoms with Gasteiger partial charge in [0.2, 0.25) is 5.91 Å². The Kier molecular flexibility index (Phi) is 5.53. The number of fused-ring (bicyclic) bond motifs is 2. The molecule has 4 atom stereocenters. The van der Waals surface area contributed by atoms with Crippen molar-refractivity contribution < 1.29 is 4.79 Å². The minimum absolute atomic E-state index is 0.0498. The lowest BCUT2D eigenvalue weighted by atomic mass is 9.82. The van der Waals surface area contributed by atoms with Crippen molar-refractivity contribution in [2.75, 3.05) is 11.9 Å². The van der Waals surface area contributed by atoms with E-state index >= 15 is 0 Å². The maximum absolute atomic E-state index is 12.4. The van der Waals surface area contributed by atoms with Crippen molar-refractivity contribution in [1.29, 1.82) is 0 Å². The van der Waals surface area contributed by atoms with Gasteiger partial charge < -0.3 is 20.2 Å². The summed E-state index contributed by atoms with van der Waals surface area (Å²) in [6.07, 6.45) is 11.5. The first-order chi connectivity index (χ1) is 18.1. The maximum Gasteiger partial charge on any atom is 0.227 e. The number of benzene rings is 1. The van der Waals surface area contributed by atoms with Crippen LogP contribution in [0.3, 0.4) is 0 Å². The lowest BCUT2D eigenvalue weighted by molar-refractivity contribution is -0.122. The summed E-state index contributed by atoms with van der Waals surface area (Å²) in [4.78, 5) is 29.9. The summed E-state index contributed by atoms with van der Waals surface area (Å²) in [5.74, 6) is 1.52. The number of aromatic amines is 1. The maximum atomic E-state index is 12.4. The van der Waals surface area contributed by atoms with Crippen LogP contribution >= 0.6 is 0 Å². The van der Waals surface area contributed by atoms with E-state index in [2.05, 4.69) is 54.6 Å². The Hall–Kier alpha value is -3.60. The molecule has 5 heterocycles. The molecule has 190 valence electrons. The number of hydrogen-bond donors (Lipinski definition) is 5. The Morgan fingerprint density at radius 3 is 2.92 bits per heavy atom. The number of aromatic nitrogens is 5. The summed E-state index contributed by atoms with van der Waals surface area (Å²) in [6.45, 7) is 2.82. The fourth-order valence-corrected chi connectivity index (χ4v) is 5.87. The van der Waals surface area contributed by atoms with Crippen LogP contribution in [0.1, 0.15) is 54.8 Å². The highest BCUT2D eigenvalue weighted by molar-refractivity contribution is 5.92. The zero-order valence-corrected chi connectivity index (χ0v) is 20.7. The van der Waals surface area contributed by atoms with Crippen LogP contribution in [0.25, 0.3) is 16.7 Å². The predicted octanol–water partition coefficient (Wildman–Crippen LogP) is 3.06. The number of nitrogens with one attached hydrogen (secondary N) is 5. The predicted molar refractivity (Wildman–Crippen MR) is 140 cm³/mol. The summed E-state index contributed by atoms with van der Waals surface area (Å²) in [6, 6.07) is 8.73. The molecule has 5 N–H and O–H groups in total. The van der Waals surface area contributed by atoms with E-state index in [4.69, 9.17) is 4.98 Å². The summed E-state index contributed by atoms with van der Waals surface area (Å²) < 4.78 is 2.02. The third-order valence-electron chi connectivity index (χ3n) is 8.16. The number of imidazole rings is 2. The van der Waals surface area contributed by atoms with Crippen molar-refractivity contribution in [2.24, 2.45) is 11.8 Å². The number of amides is 1. The number of H-pyrrole nitrogens is 1. The number of aryl methyl sites for hydroxylation is 1. The quantitative estimate of drug-likeness (QED) is 0.287. The van der Waals surface area contributed by atoms with Crippen molar-refractivity contribution in [2.45, 2.75) is 50.7 Å². The van der Waals surface area contributed by atoms with Gasteiger partial charge in [-0.2, -0.15) is 0 Å². The molecule has 1 aliphatic carbocycles. The minimum Gasteiger partial charge on any atom is -0.341 e. The van der Waals surface area contributed by atoms with Crippen molar-refractivity contribution in [3.63, 3.8) is 0 Å². The molecule has 1 saturated carbocycles.